The van der Waals surface area contributed by atoms with Gasteiger partial charge in [0.15, 0.2) is 0 Å². The summed E-state index contributed by atoms with van der Waals surface area (Å²) in [7, 11) is 0. The van der Waals surface area contributed by atoms with Crippen LogP contribution in [0.15, 0.2) is 22.1 Å². The van der Waals surface area contributed by atoms with Crippen LogP contribution in [0.5, 0.6) is 0 Å². The van der Waals surface area contributed by atoms with Crippen molar-refractivity contribution in [3.8, 4) is 0 Å². The van der Waals surface area contributed by atoms with E-state index in [0.29, 0.717) is 25.3 Å². The number of aromatic nitrogens is 2. The molecule has 26 heavy (non-hydrogen) atoms. The van der Waals surface area contributed by atoms with Gasteiger partial charge in [-0.1, -0.05) is 0 Å². The fourth-order valence-corrected chi connectivity index (χ4v) is 3.21. The first-order chi connectivity index (χ1) is 12.2. The largest absolute Gasteiger partial charge is 0.383 e. The van der Waals surface area contributed by atoms with Crippen LogP contribution in [0.4, 0.5) is 14.6 Å². The Morgan fingerprint density at radius 1 is 1.46 bits per heavy atom. The van der Waals surface area contributed by atoms with Gasteiger partial charge in [-0.2, -0.15) is 4.98 Å². The molecule has 3 rings (SSSR count). The highest BCUT2D eigenvalue weighted by molar-refractivity contribution is 6.01. The van der Waals surface area contributed by atoms with Gasteiger partial charge in [0.1, 0.15) is 5.82 Å². The molecule has 1 aromatic heterocycles. The first-order valence-electron chi connectivity index (χ1n) is 8.15. The number of rotatable bonds is 5. The molecule has 11 heteroatoms. The van der Waals surface area contributed by atoms with E-state index in [-0.39, 0.29) is 18.8 Å². The molecule has 4 N–H and O–H groups in total. The number of hydrogen-bond donors (Lipinski definition) is 2. The van der Waals surface area contributed by atoms with Crippen LogP contribution in [0, 0.1) is 0 Å². The zero-order valence-electron chi connectivity index (χ0n) is 14.0. The smallest absolute Gasteiger partial charge is 0.351 e. The second-order valence-electron chi connectivity index (χ2n) is 6.44. The third kappa shape index (κ3) is 4.05. The number of amides is 1. The van der Waals surface area contributed by atoms with Crippen LogP contribution in [-0.2, 0) is 9.53 Å². The van der Waals surface area contributed by atoms with E-state index in [1.165, 1.54) is 6.07 Å². The molecule has 1 saturated heterocycles. The Bertz CT molecular complexity index is 781. The standard InChI is InChI=1S/C15H20F2N6O3/c16-15(17)6-10(8-22-4-2-20-9(7-22)5-12(19)24)26-13(15)23-3-1-11(18)21-14(23)25/h1,3,10,13H,2,4-8H2,(H2,19,24)(H2,18,21,25). The minimum Gasteiger partial charge on any atom is -0.383 e. The number of nitrogen functional groups attached to an aromatic ring is 1. The fraction of sp³-hybridized carbons (Fsp3) is 0.600. The highest BCUT2D eigenvalue weighted by Gasteiger charge is 2.52. The third-order valence-electron chi connectivity index (χ3n) is 4.28. The van der Waals surface area contributed by atoms with Crippen molar-refractivity contribution in [2.24, 2.45) is 10.7 Å². The lowest BCUT2D eigenvalue weighted by molar-refractivity contribution is -0.118. The monoisotopic (exact) mass is 370 g/mol. The normalized spacial score (nSPS) is 25.8. The predicted octanol–water partition coefficient (Wildman–Crippen LogP) is -0.620. The lowest BCUT2D eigenvalue weighted by Gasteiger charge is -2.28. The van der Waals surface area contributed by atoms with Crippen molar-refractivity contribution in [1.82, 2.24) is 14.5 Å². The van der Waals surface area contributed by atoms with E-state index in [1.807, 2.05) is 4.90 Å². The molecule has 9 nitrogen and oxygen atoms in total. The van der Waals surface area contributed by atoms with E-state index in [4.69, 9.17) is 16.2 Å². The molecule has 2 aliphatic rings. The zero-order chi connectivity index (χ0) is 18.9. The molecule has 0 aliphatic carbocycles. The fourth-order valence-electron chi connectivity index (χ4n) is 3.21. The van der Waals surface area contributed by atoms with Gasteiger partial charge < -0.3 is 16.2 Å². The summed E-state index contributed by atoms with van der Waals surface area (Å²) in [6.07, 6.45) is -1.81. The maximum Gasteiger partial charge on any atom is 0.351 e. The number of hydrogen-bond acceptors (Lipinski definition) is 7. The second kappa shape index (κ2) is 7.08. The van der Waals surface area contributed by atoms with Crippen molar-refractivity contribution < 1.29 is 18.3 Å². The summed E-state index contributed by atoms with van der Waals surface area (Å²) in [5.41, 5.74) is 10.3. The number of halogens is 2. The minimum atomic E-state index is -3.22. The van der Waals surface area contributed by atoms with E-state index in [9.17, 15) is 18.4 Å². The first-order valence-corrected chi connectivity index (χ1v) is 8.15. The van der Waals surface area contributed by atoms with Crippen molar-refractivity contribution in [2.45, 2.75) is 31.1 Å². The molecule has 0 bridgehead atoms. The maximum atomic E-state index is 14.4. The molecule has 1 aromatic rings. The molecule has 0 aromatic carbocycles. The van der Waals surface area contributed by atoms with Crippen molar-refractivity contribution >= 4 is 17.4 Å². The van der Waals surface area contributed by atoms with Gasteiger partial charge in [0, 0.05) is 38.0 Å². The average molecular weight is 370 g/mol. The van der Waals surface area contributed by atoms with E-state index >= 15 is 0 Å². The summed E-state index contributed by atoms with van der Waals surface area (Å²) in [4.78, 5) is 32.4. The number of ether oxygens (including phenoxy) is 1. The Labute approximate surface area is 147 Å². The average Bonchev–Trinajstić information content (AvgIpc) is 2.81. The minimum absolute atomic E-state index is 0.0429. The Hall–Kier alpha value is -2.40. The summed E-state index contributed by atoms with van der Waals surface area (Å²) < 4.78 is 35.0. The molecule has 2 aliphatic heterocycles. The maximum absolute atomic E-state index is 14.4. The zero-order valence-corrected chi connectivity index (χ0v) is 14.0. The molecular weight excluding hydrogens is 350 g/mol. The Morgan fingerprint density at radius 2 is 2.23 bits per heavy atom. The molecule has 3 heterocycles. The quantitative estimate of drug-likeness (QED) is 0.711. The van der Waals surface area contributed by atoms with Gasteiger partial charge in [0.05, 0.1) is 19.1 Å². The summed E-state index contributed by atoms with van der Waals surface area (Å²) >= 11 is 0. The van der Waals surface area contributed by atoms with Crippen LogP contribution in [0.1, 0.15) is 19.1 Å². The lowest BCUT2D eigenvalue weighted by atomic mass is 10.1. The Morgan fingerprint density at radius 3 is 2.92 bits per heavy atom. The lowest BCUT2D eigenvalue weighted by Crippen LogP contribution is -2.42. The van der Waals surface area contributed by atoms with Gasteiger partial charge in [-0.3, -0.25) is 19.3 Å². The van der Waals surface area contributed by atoms with Crippen LogP contribution in [0.25, 0.3) is 0 Å². The SMILES string of the molecule is NC(=O)CC1=NCCN(CC2CC(F)(F)C(n3ccc(N)nc3=O)O2)C1. The Balaban J connectivity index is 1.67. The van der Waals surface area contributed by atoms with E-state index in [1.54, 1.807) is 0 Å². The number of anilines is 1. The highest BCUT2D eigenvalue weighted by Crippen LogP contribution is 2.42. The highest BCUT2D eigenvalue weighted by atomic mass is 19.3. The first kappa shape index (κ1) is 18.4. The topological polar surface area (TPSA) is 129 Å². The molecule has 0 spiro atoms. The molecule has 0 saturated carbocycles. The van der Waals surface area contributed by atoms with Gasteiger partial charge in [0.2, 0.25) is 12.1 Å². The summed E-state index contributed by atoms with van der Waals surface area (Å²) in [6.45, 7) is 1.65. The molecule has 2 unspecified atom stereocenters. The molecule has 2 atom stereocenters. The summed E-state index contributed by atoms with van der Waals surface area (Å²) in [5, 5.41) is 0. The molecule has 1 fully saturated rings. The number of nitrogens with two attached hydrogens (primary N) is 2. The number of aliphatic imine (C=N–C) groups is 1. The van der Waals surface area contributed by atoms with Gasteiger partial charge >= 0.3 is 5.69 Å². The predicted molar refractivity (Wildman–Crippen MR) is 88.9 cm³/mol. The van der Waals surface area contributed by atoms with E-state index < -0.39 is 36.3 Å². The van der Waals surface area contributed by atoms with E-state index in [0.717, 1.165) is 10.8 Å². The van der Waals surface area contributed by atoms with Gasteiger partial charge in [0.25, 0.3) is 5.92 Å². The molecule has 142 valence electrons. The number of nitrogens with zero attached hydrogens (tertiary/aromatic N) is 4. The van der Waals surface area contributed by atoms with Gasteiger partial charge in [-0.15, -0.1) is 0 Å². The summed E-state index contributed by atoms with van der Waals surface area (Å²) in [5.74, 6) is -3.74. The van der Waals surface area contributed by atoms with Crippen molar-refractivity contribution in [2.75, 3.05) is 31.9 Å². The van der Waals surface area contributed by atoms with Gasteiger partial charge in [-0.25, -0.2) is 13.6 Å². The van der Waals surface area contributed by atoms with Crippen molar-refractivity contribution in [3.05, 3.63) is 22.7 Å². The Kier molecular flexibility index (Phi) is 5.01. The van der Waals surface area contributed by atoms with Crippen molar-refractivity contribution in [1.29, 1.82) is 0 Å². The molecular formula is C15H20F2N6O3. The van der Waals surface area contributed by atoms with Crippen molar-refractivity contribution in [3.63, 3.8) is 0 Å². The molecule has 1 amide bonds. The van der Waals surface area contributed by atoms with Crippen LogP contribution in [0.3, 0.4) is 0 Å². The number of primary amides is 1. The number of carbonyl (C=O) groups excluding carboxylic acids is 1. The second-order valence-corrected chi connectivity index (χ2v) is 6.44. The third-order valence-corrected chi connectivity index (χ3v) is 4.28. The molecule has 0 radical (unpaired) electrons. The van der Waals surface area contributed by atoms with Crippen LogP contribution < -0.4 is 17.2 Å². The van der Waals surface area contributed by atoms with Crippen LogP contribution >= 0.6 is 0 Å². The van der Waals surface area contributed by atoms with Crippen LogP contribution in [0.2, 0.25) is 0 Å². The summed E-state index contributed by atoms with van der Waals surface area (Å²) in [6, 6.07) is 1.27. The van der Waals surface area contributed by atoms with Gasteiger partial charge in [-0.05, 0) is 6.07 Å². The van der Waals surface area contributed by atoms with E-state index in [2.05, 4.69) is 9.98 Å². The number of carbonyl (C=O) groups is 1. The van der Waals surface area contributed by atoms with Crippen LogP contribution in [-0.4, -0.2) is 64.3 Å². The number of alkyl halides is 2.